The molecule has 1 saturated heterocycles. The molecule has 2 atom stereocenters. The van der Waals surface area contributed by atoms with Crippen LogP contribution in [0.25, 0.3) is 0 Å². The molecule has 0 saturated carbocycles. The number of nitrogens with zero attached hydrogens (tertiary/aromatic N) is 3. The van der Waals surface area contributed by atoms with Crippen molar-refractivity contribution in [2.75, 3.05) is 4.90 Å². The van der Waals surface area contributed by atoms with Gasteiger partial charge in [-0.05, 0) is 33.1 Å². The van der Waals surface area contributed by atoms with Crippen molar-refractivity contribution < 1.29 is 9.90 Å². The van der Waals surface area contributed by atoms with Crippen molar-refractivity contribution in [1.82, 2.24) is 9.97 Å². The fourth-order valence-electron chi connectivity index (χ4n) is 2.44. The van der Waals surface area contributed by atoms with E-state index >= 15 is 0 Å². The molecule has 2 rings (SSSR count). The lowest BCUT2D eigenvalue weighted by Crippen LogP contribution is -2.44. The van der Waals surface area contributed by atoms with Gasteiger partial charge in [-0.2, -0.15) is 0 Å². The van der Waals surface area contributed by atoms with Gasteiger partial charge in [-0.1, -0.05) is 0 Å². The minimum atomic E-state index is -1.04. The molecule has 17 heavy (non-hydrogen) atoms. The molecule has 1 aliphatic heterocycles. The maximum Gasteiger partial charge on any atom is 0.356 e. The largest absolute Gasteiger partial charge is 0.476 e. The van der Waals surface area contributed by atoms with Crippen molar-refractivity contribution in [3.05, 3.63) is 18.1 Å². The predicted octanol–water partition coefficient (Wildman–Crippen LogP) is 1.94. The Labute approximate surface area is 100 Å². The van der Waals surface area contributed by atoms with Crippen LogP contribution >= 0.6 is 0 Å². The lowest BCUT2D eigenvalue weighted by molar-refractivity contribution is 0.0690. The van der Waals surface area contributed by atoms with E-state index in [9.17, 15) is 4.79 Å². The summed E-state index contributed by atoms with van der Waals surface area (Å²) in [4.78, 5) is 21.1. The summed E-state index contributed by atoms with van der Waals surface area (Å²) in [7, 11) is 0. The predicted molar refractivity (Wildman–Crippen MR) is 64.2 cm³/mol. The zero-order valence-corrected chi connectivity index (χ0v) is 10.1. The van der Waals surface area contributed by atoms with Gasteiger partial charge in [0.1, 0.15) is 5.82 Å². The van der Waals surface area contributed by atoms with Crippen LogP contribution in [0.2, 0.25) is 0 Å². The van der Waals surface area contributed by atoms with Gasteiger partial charge < -0.3 is 10.0 Å². The van der Waals surface area contributed by atoms with Gasteiger partial charge in [0.05, 0.1) is 12.4 Å². The number of piperidine rings is 1. The molecule has 1 aromatic heterocycles. The Kier molecular flexibility index (Phi) is 3.26. The summed E-state index contributed by atoms with van der Waals surface area (Å²) in [6.45, 7) is 4.34. The molecule has 1 fully saturated rings. The first kappa shape index (κ1) is 11.8. The fourth-order valence-corrected chi connectivity index (χ4v) is 2.44. The minimum Gasteiger partial charge on any atom is -0.476 e. The molecular weight excluding hydrogens is 218 g/mol. The summed E-state index contributed by atoms with van der Waals surface area (Å²) in [5.74, 6) is -0.265. The number of hydrogen-bond acceptors (Lipinski definition) is 4. The lowest BCUT2D eigenvalue weighted by Gasteiger charge is -2.39. The molecule has 0 amide bonds. The molecular formula is C12H17N3O2. The second-order valence-electron chi connectivity index (χ2n) is 4.60. The van der Waals surface area contributed by atoms with Crippen molar-refractivity contribution in [3.8, 4) is 0 Å². The number of carboxylic acids is 1. The van der Waals surface area contributed by atoms with E-state index in [0.717, 1.165) is 18.7 Å². The van der Waals surface area contributed by atoms with Gasteiger partial charge in [0.2, 0.25) is 0 Å². The van der Waals surface area contributed by atoms with E-state index in [1.54, 1.807) is 6.20 Å². The third kappa shape index (κ3) is 2.38. The summed E-state index contributed by atoms with van der Waals surface area (Å²) in [6, 6.07) is 0.868. The number of aromatic nitrogens is 2. The van der Waals surface area contributed by atoms with Crippen molar-refractivity contribution >= 4 is 11.8 Å². The molecule has 1 aliphatic rings. The average Bonchev–Trinajstić information content (AvgIpc) is 2.29. The van der Waals surface area contributed by atoms with Crippen molar-refractivity contribution in [1.29, 1.82) is 0 Å². The first-order valence-corrected chi connectivity index (χ1v) is 5.93. The zero-order valence-electron chi connectivity index (χ0n) is 10.1. The third-order valence-corrected chi connectivity index (χ3v) is 3.32. The highest BCUT2D eigenvalue weighted by atomic mass is 16.4. The molecule has 0 aromatic carbocycles. The van der Waals surface area contributed by atoms with E-state index in [2.05, 4.69) is 28.7 Å². The fraction of sp³-hybridized carbons (Fsp3) is 0.583. The first-order valence-electron chi connectivity index (χ1n) is 5.93. The second kappa shape index (κ2) is 4.69. The van der Waals surface area contributed by atoms with Gasteiger partial charge in [-0.15, -0.1) is 0 Å². The van der Waals surface area contributed by atoms with Crippen LogP contribution in [-0.4, -0.2) is 33.1 Å². The summed E-state index contributed by atoms with van der Waals surface area (Å²) >= 11 is 0. The standard InChI is InChI=1S/C12H17N3O2/c1-8-4-3-5-9(2)15(8)11-7-13-10(6-14-11)12(16)17/h6-9H,3-5H2,1-2H3,(H,16,17). The van der Waals surface area contributed by atoms with Crippen LogP contribution in [0.1, 0.15) is 43.6 Å². The van der Waals surface area contributed by atoms with Crippen LogP contribution in [0, 0.1) is 0 Å². The summed E-state index contributed by atoms with van der Waals surface area (Å²) in [6.07, 6.45) is 6.41. The molecule has 0 radical (unpaired) electrons. The number of anilines is 1. The SMILES string of the molecule is CC1CCCC(C)N1c1cnc(C(=O)O)cn1. The van der Waals surface area contributed by atoms with Gasteiger partial charge in [0.25, 0.3) is 0 Å². The molecule has 1 N–H and O–H groups in total. The average molecular weight is 235 g/mol. The molecule has 2 unspecified atom stereocenters. The maximum absolute atomic E-state index is 10.7. The number of carboxylic acid groups (broad SMARTS) is 1. The third-order valence-electron chi connectivity index (χ3n) is 3.32. The van der Waals surface area contributed by atoms with Crippen LogP contribution in [0.15, 0.2) is 12.4 Å². The van der Waals surface area contributed by atoms with Gasteiger partial charge >= 0.3 is 5.97 Å². The van der Waals surface area contributed by atoms with Crippen LogP contribution in [0.4, 0.5) is 5.82 Å². The Morgan fingerprint density at radius 3 is 2.41 bits per heavy atom. The highest BCUT2D eigenvalue weighted by molar-refractivity contribution is 5.84. The van der Waals surface area contributed by atoms with E-state index in [-0.39, 0.29) is 5.69 Å². The molecule has 5 nitrogen and oxygen atoms in total. The molecule has 1 aromatic rings. The summed E-state index contributed by atoms with van der Waals surface area (Å²) < 4.78 is 0. The van der Waals surface area contributed by atoms with Crippen molar-refractivity contribution in [2.45, 2.75) is 45.2 Å². The van der Waals surface area contributed by atoms with Gasteiger partial charge in [-0.25, -0.2) is 14.8 Å². The highest BCUT2D eigenvalue weighted by Crippen LogP contribution is 2.26. The number of carbonyl (C=O) groups is 1. The smallest absolute Gasteiger partial charge is 0.356 e. The minimum absolute atomic E-state index is 0.00827. The molecule has 0 aliphatic carbocycles. The Morgan fingerprint density at radius 1 is 1.29 bits per heavy atom. The van der Waals surface area contributed by atoms with E-state index in [4.69, 9.17) is 5.11 Å². The molecule has 92 valence electrons. The van der Waals surface area contributed by atoms with E-state index in [0.29, 0.717) is 12.1 Å². The van der Waals surface area contributed by atoms with Crippen LogP contribution in [0.5, 0.6) is 0 Å². The molecule has 0 bridgehead atoms. The zero-order chi connectivity index (χ0) is 12.4. The normalized spacial score (nSPS) is 24.7. The first-order chi connectivity index (χ1) is 8.09. The van der Waals surface area contributed by atoms with E-state index < -0.39 is 5.97 Å². The van der Waals surface area contributed by atoms with Crippen LogP contribution in [-0.2, 0) is 0 Å². The molecule has 5 heteroatoms. The van der Waals surface area contributed by atoms with Crippen molar-refractivity contribution in [2.24, 2.45) is 0 Å². The lowest BCUT2D eigenvalue weighted by atomic mass is 9.98. The Balaban J connectivity index is 2.23. The van der Waals surface area contributed by atoms with Crippen molar-refractivity contribution in [3.63, 3.8) is 0 Å². The van der Waals surface area contributed by atoms with Gasteiger partial charge in [0, 0.05) is 12.1 Å². The van der Waals surface area contributed by atoms with Crippen LogP contribution in [0.3, 0.4) is 0 Å². The van der Waals surface area contributed by atoms with Gasteiger partial charge in [-0.3, -0.25) is 0 Å². The number of hydrogen-bond donors (Lipinski definition) is 1. The molecule has 2 heterocycles. The Hall–Kier alpha value is -1.65. The molecule has 0 spiro atoms. The second-order valence-corrected chi connectivity index (χ2v) is 4.60. The van der Waals surface area contributed by atoms with E-state index in [1.165, 1.54) is 12.6 Å². The topological polar surface area (TPSA) is 66.3 Å². The number of aromatic carboxylic acids is 1. The number of rotatable bonds is 2. The van der Waals surface area contributed by atoms with Crippen LogP contribution < -0.4 is 4.90 Å². The van der Waals surface area contributed by atoms with E-state index in [1.807, 2.05) is 0 Å². The Bertz CT molecular complexity index is 395. The Morgan fingerprint density at radius 2 is 1.94 bits per heavy atom. The maximum atomic E-state index is 10.7. The summed E-state index contributed by atoms with van der Waals surface area (Å²) in [5, 5.41) is 8.77. The summed E-state index contributed by atoms with van der Waals surface area (Å²) in [5.41, 5.74) is -0.00827. The van der Waals surface area contributed by atoms with Gasteiger partial charge in [0.15, 0.2) is 5.69 Å². The quantitative estimate of drug-likeness (QED) is 0.848. The highest BCUT2D eigenvalue weighted by Gasteiger charge is 2.26. The monoisotopic (exact) mass is 235 g/mol.